The van der Waals surface area contributed by atoms with Crippen LogP contribution in [0, 0.1) is 12.3 Å². The molecule has 0 aliphatic carbocycles. The molecule has 2 rings (SSSR count). The summed E-state index contributed by atoms with van der Waals surface area (Å²) in [5.41, 5.74) is 1.17. The average molecular weight is 244 g/mol. The number of terminal acetylenes is 1. The van der Waals surface area contributed by atoms with Crippen molar-refractivity contribution in [1.82, 2.24) is 4.98 Å². The van der Waals surface area contributed by atoms with Crippen LogP contribution < -0.4 is 5.32 Å². The van der Waals surface area contributed by atoms with E-state index in [9.17, 15) is 4.79 Å². The molecule has 92 valence electrons. The summed E-state index contributed by atoms with van der Waals surface area (Å²) in [6, 6.07) is 4.67. The predicted molar refractivity (Wildman–Crippen MR) is 67.5 cm³/mol. The Balaban J connectivity index is 2.33. The number of anilines is 1. The van der Waals surface area contributed by atoms with Crippen molar-refractivity contribution in [2.45, 2.75) is 19.4 Å². The first-order chi connectivity index (χ1) is 8.63. The van der Waals surface area contributed by atoms with Gasteiger partial charge in [-0.05, 0) is 24.6 Å². The quantitative estimate of drug-likeness (QED) is 0.807. The van der Waals surface area contributed by atoms with Crippen molar-refractivity contribution in [3.63, 3.8) is 0 Å². The molecule has 0 saturated carbocycles. The van der Waals surface area contributed by atoms with Crippen molar-refractivity contribution in [3.05, 3.63) is 23.8 Å². The minimum absolute atomic E-state index is 0.156. The molecule has 0 aliphatic rings. The van der Waals surface area contributed by atoms with Gasteiger partial charge in [-0.3, -0.25) is 0 Å². The molecule has 0 fully saturated rings. The van der Waals surface area contributed by atoms with E-state index >= 15 is 0 Å². The zero-order chi connectivity index (χ0) is 13.1. The third-order valence-electron chi connectivity index (χ3n) is 2.54. The highest BCUT2D eigenvalue weighted by Crippen LogP contribution is 2.21. The highest BCUT2D eigenvalue weighted by Gasteiger charge is 2.11. The second kappa shape index (κ2) is 4.80. The van der Waals surface area contributed by atoms with Gasteiger partial charge in [-0.15, -0.1) is 6.42 Å². The third-order valence-corrected chi connectivity index (χ3v) is 2.54. The van der Waals surface area contributed by atoms with E-state index in [4.69, 9.17) is 15.9 Å². The number of hydrogen-bond acceptors (Lipinski definition) is 4. The van der Waals surface area contributed by atoms with E-state index in [1.807, 2.05) is 6.92 Å². The fourth-order valence-corrected chi connectivity index (χ4v) is 1.53. The molecule has 1 atom stereocenters. The van der Waals surface area contributed by atoms with Gasteiger partial charge in [-0.1, -0.05) is 12.8 Å². The summed E-state index contributed by atoms with van der Waals surface area (Å²) < 4.78 is 5.41. The molecule has 0 spiro atoms. The van der Waals surface area contributed by atoms with Crippen LogP contribution in [0.2, 0.25) is 0 Å². The van der Waals surface area contributed by atoms with E-state index in [0.29, 0.717) is 17.1 Å². The average Bonchev–Trinajstić information content (AvgIpc) is 2.76. The van der Waals surface area contributed by atoms with Gasteiger partial charge in [-0.25, -0.2) is 4.79 Å². The number of carboxylic acids is 1. The third kappa shape index (κ3) is 2.28. The fourth-order valence-electron chi connectivity index (χ4n) is 1.53. The summed E-state index contributed by atoms with van der Waals surface area (Å²) in [6.07, 6.45) is 6.08. The van der Waals surface area contributed by atoms with Gasteiger partial charge in [0, 0.05) is 0 Å². The highest BCUT2D eigenvalue weighted by atomic mass is 16.4. The lowest BCUT2D eigenvalue weighted by atomic mass is 10.2. The molecule has 1 aromatic heterocycles. The molecule has 5 heteroatoms. The number of aromatic nitrogens is 1. The molecule has 0 saturated heterocycles. The van der Waals surface area contributed by atoms with Crippen molar-refractivity contribution in [2.24, 2.45) is 0 Å². The summed E-state index contributed by atoms with van der Waals surface area (Å²) >= 11 is 0. The number of fused-ring (bicyclic) bond motifs is 1. The maximum atomic E-state index is 10.8. The summed E-state index contributed by atoms with van der Waals surface area (Å²) in [7, 11) is 0. The van der Waals surface area contributed by atoms with Gasteiger partial charge in [0.15, 0.2) is 5.58 Å². The summed E-state index contributed by atoms with van der Waals surface area (Å²) in [5.74, 6) is 1.57. The Kier molecular flexibility index (Phi) is 3.20. The van der Waals surface area contributed by atoms with Crippen LogP contribution in [0.4, 0.5) is 6.01 Å². The molecule has 0 amide bonds. The number of oxazole rings is 1. The molecule has 1 unspecified atom stereocenters. The van der Waals surface area contributed by atoms with Crippen LogP contribution in [0.25, 0.3) is 11.1 Å². The minimum Gasteiger partial charge on any atom is -0.478 e. The Morgan fingerprint density at radius 2 is 2.44 bits per heavy atom. The Bertz CT molecular complexity index is 625. The predicted octanol–water partition coefficient (Wildman–Crippen LogP) is 2.35. The van der Waals surface area contributed by atoms with Gasteiger partial charge in [0.1, 0.15) is 5.52 Å². The van der Waals surface area contributed by atoms with Crippen LogP contribution in [0.15, 0.2) is 22.6 Å². The van der Waals surface area contributed by atoms with Crippen molar-refractivity contribution >= 4 is 23.1 Å². The van der Waals surface area contributed by atoms with E-state index in [1.165, 1.54) is 12.1 Å². The van der Waals surface area contributed by atoms with E-state index in [-0.39, 0.29) is 11.6 Å². The van der Waals surface area contributed by atoms with Gasteiger partial charge in [0.05, 0.1) is 11.6 Å². The van der Waals surface area contributed by atoms with Crippen LogP contribution in [-0.4, -0.2) is 22.1 Å². The van der Waals surface area contributed by atoms with Crippen LogP contribution in [0.5, 0.6) is 0 Å². The number of hydrogen-bond donors (Lipinski definition) is 2. The standard InChI is InChI=1S/C13H12N2O3/c1-3-9(4-2)14-13-15-10-6-5-8(12(16)17)7-11(10)18-13/h1,5-7,9H,4H2,2H3,(H,14,15)(H,16,17). The first kappa shape index (κ1) is 12.0. The van der Waals surface area contributed by atoms with E-state index in [1.54, 1.807) is 6.07 Å². The van der Waals surface area contributed by atoms with Crippen molar-refractivity contribution in [3.8, 4) is 12.3 Å². The molecule has 2 aromatic rings. The number of aromatic carboxylic acids is 1. The van der Waals surface area contributed by atoms with Gasteiger partial charge in [0.25, 0.3) is 6.01 Å². The first-order valence-electron chi connectivity index (χ1n) is 5.50. The summed E-state index contributed by atoms with van der Waals surface area (Å²) in [5, 5.41) is 11.8. The minimum atomic E-state index is -1.00. The second-order valence-electron chi connectivity index (χ2n) is 3.78. The Hall–Kier alpha value is -2.48. The van der Waals surface area contributed by atoms with Crippen molar-refractivity contribution in [2.75, 3.05) is 5.32 Å². The Morgan fingerprint density at radius 3 is 3.06 bits per heavy atom. The van der Waals surface area contributed by atoms with E-state index in [0.717, 1.165) is 6.42 Å². The van der Waals surface area contributed by atoms with Crippen LogP contribution in [0.3, 0.4) is 0 Å². The molecule has 1 heterocycles. The zero-order valence-electron chi connectivity index (χ0n) is 9.80. The number of nitrogens with one attached hydrogen (secondary N) is 1. The molecule has 0 bridgehead atoms. The zero-order valence-corrected chi connectivity index (χ0v) is 9.80. The van der Waals surface area contributed by atoms with E-state index in [2.05, 4.69) is 16.2 Å². The summed E-state index contributed by atoms with van der Waals surface area (Å²) in [4.78, 5) is 15.0. The maximum Gasteiger partial charge on any atom is 0.335 e. The molecule has 0 aliphatic heterocycles. The lowest BCUT2D eigenvalue weighted by Crippen LogP contribution is -2.15. The molecular weight excluding hydrogens is 232 g/mol. The normalized spacial score (nSPS) is 12.0. The fraction of sp³-hybridized carbons (Fsp3) is 0.231. The van der Waals surface area contributed by atoms with Crippen LogP contribution in [-0.2, 0) is 0 Å². The van der Waals surface area contributed by atoms with Gasteiger partial charge >= 0.3 is 5.97 Å². The molecule has 0 radical (unpaired) electrons. The number of nitrogens with zero attached hydrogens (tertiary/aromatic N) is 1. The van der Waals surface area contributed by atoms with Gasteiger partial charge in [0.2, 0.25) is 0 Å². The Labute approximate surface area is 104 Å². The lowest BCUT2D eigenvalue weighted by Gasteiger charge is -2.06. The first-order valence-corrected chi connectivity index (χ1v) is 5.50. The largest absolute Gasteiger partial charge is 0.478 e. The Morgan fingerprint density at radius 1 is 1.67 bits per heavy atom. The highest BCUT2D eigenvalue weighted by molar-refractivity contribution is 5.92. The second-order valence-corrected chi connectivity index (χ2v) is 3.78. The number of carbonyl (C=O) groups is 1. The monoisotopic (exact) mass is 244 g/mol. The number of benzene rings is 1. The van der Waals surface area contributed by atoms with Crippen molar-refractivity contribution < 1.29 is 14.3 Å². The topological polar surface area (TPSA) is 75.4 Å². The lowest BCUT2D eigenvalue weighted by molar-refractivity contribution is 0.0697. The summed E-state index contributed by atoms with van der Waals surface area (Å²) in [6.45, 7) is 1.95. The van der Waals surface area contributed by atoms with Crippen LogP contribution >= 0.6 is 0 Å². The van der Waals surface area contributed by atoms with Gasteiger partial charge < -0.3 is 14.8 Å². The number of rotatable bonds is 4. The molecule has 5 nitrogen and oxygen atoms in total. The molecule has 1 aromatic carbocycles. The van der Waals surface area contributed by atoms with Gasteiger partial charge in [-0.2, -0.15) is 4.98 Å². The SMILES string of the molecule is C#CC(CC)Nc1nc2ccc(C(=O)O)cc2o1. The maximum absolute atomic E-state index is 10.8. The van der Waals surface area contributed by atoms with Crippen molar-refractivity contribution in [1.29, 1.82) is 0 Å². The molecular formula is C13H12N2O3. The smallest absolute Gasteiger partial charge is 0.335 e. The van der Waals surface area contributed by atoms with E-state index < -0.39 is 5.97 Å². The number of carboxylic acid groups (broad SMARTS) is 1. The molecule has 18 heavy (non-hydrogen) atoms. The molecule has 2 N–H and O–H groups in total. The van der Waals surface area contributed by atoms with Crippen LogP contribution in [0.1, 0.15) is 23.7 Å².